The molecule has 176 valence electrons. The lowest BCUT2D eigenvalue weighted by atomic mass is 10.0. The van der Waals surface area contributed by atoms with Crippen molar-refractivity contribution < 1.29 is 33.3 Å². The lowest BCUT2D eigenvalue weighted by molar-refractivity contribution is -0.135. The maximum Gasteiger partial charge on any atom is 0.357 e. The Hall–Kier alpha value is -4.14. The molecule has 3 aromatic rings. The van der Waals surface area contributed by atoms with E-state index < -0.39 is 11.9 Å². The fraction of sp³-hybridized carbons (Fsp3) is 0.280. The Bertz CT molecular complexity index is 1230. The zero-order valence-corrected chi connectivity index (χ0v) is 19.1. The summed E-state index contributed by atoms with van der Waals surface area (Å²) in [6.45, 7) is 2.13. The van der Waals surface area contributed by atoms with Gasteiger partial charge in [0.05, 0.1) is 32.4 Å². The smallest absolute Gasteiger partial charge is 0.357 e. The Kier molecular flexibility index (Phi) is 6.62. The predicted molar refractivity (Wildman–Crippen MR) is 121 cm³/mol. The van der Waals surface area contributed by atoms with Crippen LogP contribution >= 0.6 is 0 Å². The van der Waals surface area contributed by atoms with Gasteiger partial charge in [-0.15, -0.1) is 0 Å². The summed E-state index contributed by atoms with van der Waals surface area (Å²) in [5, 5.41) is 4.57. The molecule has 0 spiro atoms. The van der Waals surface area contributed by atoms with E-state index >= 15 is 0 Å². The number of esters is 3. The second-order valence-electron chi connectivity index (χ2n) is 7.59. The number of methoxy groups -OCH3 is 2. The Morgan fingerprint density at radius 2 is 1.68 bits per heavy atom. The SMILES string of the molecule is CCOc1cc(-c2nn(-c3ccccc3)c(C(=O)OC)c2C(=O)OC)ccc1OC(=O)C1CC1. The van der Waals surface area contributed by atoms with Gasteiger partial charge in [-0.3, -0.25) is 4.79 Å². The van der Waals surface area contributed by atoms with Crippen LogP contribution in [-0.4, -0.2) is 48.5 Å². The number of ether oxygens (including phenoxy) is 4. The van der Waals surface area contributed by atoms with Crippen LogP contribution in [0.4, 0.5) is 0 Å². The summed E-state index contributed by atoms with van der Waals surface area (Å²) in [5.41, 5.74) is 1.09. The molecule has 2 aromatic carbocycles. The van der Waals surface area contributed by atoms with Crippen molar-refractivity contribution in [1.29, 1.82) is 0 Å². The molecule has 9 nitrogen and oxygen atoms in total. The van der Waals surface area contributed by atoms with Crippen molar-refractivity contribution in [3.63, 3.8) is 0 Å². The van der Waals surface area contributed by atoms with E-state index in [0.29, 0.717) is 23.6 Å². The van der Waals surface area contributed by atoms with Gasteiger partial charge in [0, 0.05) is 5.56 Å². The highest BCUT2D eigenvalue weighted by molar-refractivity contribution is 6.07. The van der Waals surface area contributed by atoms with Gasteiger partial charge in [0.2, 0.25) is 0 Å². The van der Waals surface area contributed by atoms with Crippen molar-refractivity contribution in [2.75, 3.05) is 20.8 Å². The van der Waals surface area contributed by atoms with E-state index in [0.717, 1.165) is 12.8 Å². The van der Waals surface area contributed by atoms with Crippen LogP contribution in [-0.2, 0) is 14.3 Å². The quantitative estimate of drug-likeness (QED) is 0.366. The zero-order chi connectivity index (χ0) is 24.2. The van der Waals surface area contributed by atoms with Crippen LogP contribution in [0.5, 0.6) is 11.5 Å². The molecule has 1 aromatic heterocycles. The highest BCUT2D eigenvalue weighted by Crippen LogP contribution is 2.38. The van der Waals surface area contributed by atoms with Gasteiger partial charge in [-0.1, -0.05) is 18.2 Å². The van der Waals surface area contributed by atoms with Gasteiger partial charge >= 0.3 is 17.9 Å². The largest absolute Gasteiger partial charge is 0.490 e. The van der Waals surface area contributed by atoms with Gasteiger partial charge in [-0.2, -0.15) is 5.10 Å². The third kappa shape index (κ3) is 4.50. The molecule has 0 amide bonds. The third-order valence-electron chi connectivity index (χ3n) is 5.29. The first-order chi connectivity index (χ1) is 16.5. The summed E-state index contributed by atoms with van der Waals surface area (Å²) in [6.07, 6.45) is 1.63. The number of rotatable bonds is 8. The van der Waals surface area contributed by atoms with E-state index in [4.69, 9.17) is 18.9 Å². The van der Waals surface area contributed by atoms with Crippen LogP contribution < -0.4 is 9.47 Å². The molecule has 0 atom stereocenters. The minimum atomic E-state index is -0.750. The Morgan fingerprint density at radius 1 is 0.971 bits per heavy atom. The number of carbonyl (C=O) groups is 3. The minimum absolute atomic E-state index is 0.0524. The number of nitrogens with zero attached hydrogens (tertiary/aromatic N) is 2. The second kappa shape index (κ2) is 9.78. The molecule has 0 saturated heterocycles. The maximum absolute atomic E-state index is 12.8. The van der Waals surface area contributed by atoms with Gasteiger partial charge in [0.25, 0.3) is 0 Å². The average Bonchev–Trinajstić information content (AvgIpc) is 3.64. The standard InChI is InChI=1S/C25H24N2O7/c1-4-33-19-14-16(12-13-18(19)34-23(28)15-10-11-15)21-20(24(29)31-2)22(25(30)32-3)27(26-21)17-8-6-5-7-9-17/h5-9,12-15H,4,10-11H2,1-3H3. The summed E-state index contributed by atoms with van der Waals surface area (Å²) in [5.74, 6) is -1.28. The number of hydrogen-bond donors (Lipinski definition) is 0. The lowest BCUT2D eigenvalue weighted by Crippen LogP contribution is -2.15. The van der Waals surface area contributed by atoms with Crippen LogP contribution in [0.15, 0.2) is 48.5 Å². The topological polar surface area (TPSA) is 106 Å². The predicted octanol–water partition coefficient (Wildman–Crippen LogP) is 3.83. The highest BCUT2D eigenvalue weighted by atomic mass is 16.6. The molecule has 0 N–H and O–H groups in total. The number of para-hydroxylation sites is 1. The lowest BCUT2D eigenvalue weighted by Gasteiger charge is -2.12. The van der Waals surface area contributed by atoms with E-state index in [1.165, 1.54) is 18.9 Å². The second-order valence-corrected chi connectivity index (χ2v) is 7.59. The van der Waals surface area contributed by atoms with E-state index in [1.54, 1.807) is 49.4 Å². The fourth-order valence-electron chi connectivity index (χ4n) is 3.48. The molecule has 9 heteroatoms. The summed E-state index contributed by atoms with van der Waals surface area (Å²) >= 11 is 0. The molecule has 0 bridgehead atoms. The number of carbonyl (C=O) groups excluding carboxylic acids is 3. The number of benzene rings is 2. The van der Waals surface area contributed by atoms with Gasteiger partial charge < -0.3 is 18.9 Å². The van der Waals surface area contributed by atoms with Crippen molar-refractivity contribution in [3.8, 4) is 28.4 Å². The van der Waals surface area contributed by atoms with Gasteiger partial charge in [-0.05, 0) is 50.1 Å². The zero-order valence-electron chi connectivity index (χ0n) is 19.1. The Balaban J connectivity index is 1.88. The normalized spacial score (nSPS) is 12.7. The van der Waals surface area contributed by atoms with Crippen LogP contribution in [0.3, 0.4) is 0 Å². The molecule has 4 rings (SSSR count). The molecule has 0 aliphatic heterocycles. The van der Waals surface area contributed by atoms with Crippen LogP contribution in [0.2, 0.25) is 0 Å². The molecule has 1 saturated carbocycles. The molecule has 1 aliphatic carbocycles. The minimum Gasteiger partial charge on any atom is -0.490 e. The summed E-state index contributed by atoms with van der Waals surface area (Å²) in [6, 6.07) is 13.7. The molecule has 34 heavy (non-hydrogen) atoms. The van der Waals surface area contributed by atoms with Crippen molar-refractivity contribution in [3.05, 3.63) is 59.8 Å². The maximum atomic E-state index is 12.8. The van der Waals surface area contributed by atoms with Crippen molar-refractivity contribution in [1.82, 2.24) is 9.78 Å². The van der Waals surface area contributed by atoms with Crippen molar-refractivity contribution in [2.24, 2.45) is 5.92 Å². The monoisotopic (exact) mass is 464 g/mol. The summed E-state index contributed by atoms with van der Waals surface area (Å²) in [4.78, 5) is 37.7. The van der Waals surface area contributed by atoms with Crippen molar-refractivity contribution >= 4 is 17.9 Å². The summed E-state index contributed by atoms with van der Waals surface area (Å²) < 4.78 is 22.5. The van der Waals surface area contributed by atoms with E-state index in [9.17, 15) is 14.4 Å². The average molecular weight is 464 g/mol. The van der Waals surface area contributed by atoms with E-state index in [1.807, 2.05) is 6.07 Å². The fourth-order valence-corrected chi connectivity index (χ4v) is 3.48. The van der Waals surface area contributed by atoms with Crippen LogP contribution in [0.25, 0.3) is 16.9 Å². The number of aromatic nitrogens is 2. The summed E-state index contributed by atoms with van der Waals surface area (Å²) in [7, 11) is 2.45. The molecular formula is C25H24N2O7. The number of hydrogen-bond acceptors (Lipinski definition) is 8. The first-order valence-electron chi connectivity index (χ1n) is 10.8. The van der Waals surface area contributed by atoms with E-state index in [2.05, 4.69) is 5.10 Å². The molecule has 1 heterocycles. The van der Waals surface area contributed by atoms with E-state index in [-0.39, 0.29) is 34.6 Å². The molecule has 1 aliphatic rings. The Labute approximate surface area is 196 Å². The van der Waals surface area contributed by atoms with Gasteiger partial charge in [0.15, 0.2) is 17.2 Å². The van der Waals surface area contributed by atoms with Crippen molar-refractivity contribution in [2.45, 2.75) is 19.8 Å². The first-order valence-corrected chi connectivity index (χ1v) is 10.8. The van der Waals surface area contributed by atoms with Crippen LogP contribution in [0, 0.1) is 5.92 Å². The molecule has 0 radical (unpaired) electrons. The molecule has 0 unspecified atom stereocenters. The first kappa shape index (κ1) is 23.0. The molecular weight excluding hydrogens is 440 g/mol. The highest BCUT2D eigenvalue weighted by Gasteiger charge is 2.33. The Morgan fingerprint density at radius 3 is 2.29 bits per heavy atom. The van der Waals surface area contributed by atoms with Gasteiger partial charge in [-0.25, -0.2) is 14.3 Å². The van der Waals surface area contributed by atoms with Crippen LogP contribution in [0.1, 0.15) is 40.6 Å². The third-order valence-corrected chi connectivity index (χ3v) is 5.29. The van der Waals surface area contributed by atoms with Gasteiger partial charge in [0.1, 0.15) is 11.3 Å². The molecule has 1 fully saturated rings.